The Morgan fingerprint density at radius 3 is 2.61 bits per heavy atom. The second-order valence-electron chi connectivity index (χ2n) is 7.10. The fourth-order valence-electron chi connectivity index (χ4n) is 3.56. The molecule has 2 aliphatic rings. The zero-order valence-corrected chi connectivity index (χ0v) is 14.2. The van der Waals surface area contributed by atoms with Crippen LogP contribution in [0.25, 0.3) is 0 Å². The molecule has 0 amide bonds. The molecular formula is C19H20N2OS. The molecule has 0 spiro atoms. The van der Waals surface area contributed by atoms with Gasteiger partial charge in [0.1, 0.15) is 0 Å². The first-order valence-corrected chi connectivity index (χ1v) is 8.84. The second kappa shape index (κ2) is 5.24. The van der Waals surface area contributed by atoms with Gasteiger partial charge in [0.15, 0.2) is 5.78 Å². The molecule has 0 saturated carbocycles. The standard InChI is InChI=1S/C19H20N2OS/c1-19(2)10-12-17(15(22)11-19)20-13-6-3-4-7-14(13)21-18(12)16-8-5-9-23-16/h3-9,18,20-21H,10-11H2,1-2H3. The number of carbonyl (C=O) groups excluding carboxylic acids is 1. The number of thiophene rings is 1. The van der Waals surface area contributed by atoms with Gasteiger partial charge in [0, 0.05) is 11.3 Å². The predicted octanol–water partition coefficient (Wildman–Crippen LogP) is 4.97. The Kier molecular flexibility index (Phi) is 3.31. The highest BCUT2D eigenvalue weighted by molar-refractivity contribution is 7.10. The molecule has 118 valence electrons. The monoisotopic (exact) mass is 324 g/mol. The lowest BCUT2D eigenvalue weighted by molar-refractivity contribution is -0.118. The smallest absolute Gasteiger partial charge is 0.179 e. The van der Waals surface area contributed by atoms with Gasteiger partial charge in [0.05, 0.1) is 23.1 Å². The molecule has 23 heavy (non-hydrogen) atoms. The first-order valence-electron chi connectivity index (χ1n) is 7.96. The molecule has 2 N–H and O–H groups in total. The van der Waals surface area contributed by atoms with Gasteiger partial charge in [-0.25, -0.2) is 0 Å². The Morgan fingerprint density at radius 1 is 1.09 bits per heavy atom. The van der Waals surface area contributed by atoms with Crippen LogP contribution in [0.4, 0.5) is 11.4 Å². The number of anilines is 2. The van der Waals surface area contributed by atoms with Crippen LogP contribution in [0.3, 0.4) is 0 Å². The van der Waals surface area contributed by atoms with Crippen molar-refractivity contribution in [2.24, 2.45) is 5.41 Å². The topological polar surface area (TPSA) is 41.1 Å². The number of allylic oxidation sites excluding steroid dienone is 1. The minimum atomic E-state index is 0.00527. The molecule has 4 rings (SSSR count). The summed E-state index contributed by atoms with van der Waals surface area (Å²) in [6.07, 6.45) is 1.52. The largest absolute Gasteiger partial charge is 0.372 e. The molecule has 1 unspecified atom stereocenters. The third-order valence-corrected chi connectivity index (χ3v) is 5.51. The molecule has 3 nitrogen and oxygen atoms in total. The van der Waals surface area contributed by atoms with Crippen molar-refractivity contribution < 1.29 is 4.79 Å². The maximum atomic E-state index is 12.8. The predicted molar refractivity (Wildman–Crippen MR) is 95.8 cm³/mol. The molecule has 2 heterocycles. The Bertz CT molecular complexity index is 789. The van der Waals surface area contributed by atoms with Gasteiger partial charge in [-0.2, -0.15) is 0 Å². The van der Waals surface area contributed by atoms with Crippen molar-refractivity contribution in [2.75, 3.05) is 10.6 Å². The Labute approximate surface area is 140 Å². The van der Waals surface area contributed by atoms with E-state index in [2.05, 4.69) is 48.1 Å². The normalized spacial score (nSPS) is 22.5. The molecule has 4 heteroatoms. The number of fused-ring (bicyclic) bond motifs is 1. The molecule has 0 bridgehead atoms. The van der Waals surface area contributed by atoms with Crippen molar-refractivity contribution >= 4 is 28.5 Å². The molecular weight excluding hydrogens is 304 g/mol. The van der Waals surface area contributed by atoms with Crippen LogP contribution in [0.1, 0.15) is 37.6 Å². The molecule has 1 atom stereocenters. The minimum absolute atomic E-state index is 0.00527. The van der Waals surface area contributed by atoms with E-state index in [9.17, 15) is 4.79 Å². The van der Waals surface area contributed by atoms with Crippen molar-refractivity contribution in [1.29, 1.82) is 0 Å². The number of Topliss-reactive ketones (excluding diaryl/α,β-unsaturated/α-hetero) is 1. The summed E-state index contributed by atoms with van der Waals surface area (Å²) in [7, 11) is 0. The van der Waals surface area contributed by atoms with Gasteiger partial charge >= 0.3 is 0 Å². The Balaban J connectivity index is 1.89. The van der Waals surface area contributed by atoms with E-state index in [1.54, 1.807) is 11.3 Å². The van der Waals surface area contributed by atoms with Crippen molar-refractivity contribution in [3.63, 3.8) is 0 Å². The summed E-state index contributed by atoms with van der Waals surface area (Å²) in [6.45, 7) is 4.36. The van der Waals surface area contributed by atoms with Gasteiger partial charge in [0.2, 0.25) is 0 Å². The Morgan fingerprint density at radius 2 is 1.87 bits per heavy atom. The van der Waals surface area contributed by atoms with Gasteiger partial charge in [-0.1, -0.05) is 32.0 Å². The number of hydrogen-bond donors (Lipinski definition) is 2. The van der Waals surface area contributed by atoms with Crippen molar-refractivity contribution in [3.05, 3.63) is 57.9 Å². The van der Waals surface area contributed by atoms with Gasteiger partial charge in [-0.05, 0) is 41.0 Å². The number of ketones is 1. The van der Waals surface area contributed by atoms with E-state index in [0.29, 0.717) is 6.42 Å². The van der Waals surface area contributed by atoms with Crippen LogP contribution in [0.2, 0.25) is 0 Å². The molecule has 1 aromatic heterocycles. The van der Waals surface area contributed by atoms with Crippen LogP contribution < -0.4 is 10.6 Å². The number of benzene rings is 1. The zero-order valence-electron chi connectivity index (χ0n) is 13.3. The summed E-state index contributed by atoms with van der Waals surface area (Å²) in [5.41, 5.74) is 4.01. The molecule has 2 aromatic rings. The van der Waals surface area contributed by atoms with Crippen molar-refractivity contribution in [1.82, 2.24) is 0 Å². The van der Waals surface area contributed by atoms with Crippen molar-refractivity contribution in [2.45, 2.75) is 32.7 Å². The second-order valence-corrected chi connectivity index (χ2v) is 8.08. The van der Waals surface area contributed by atoms with Crippen LogP contribution in [-0.4, -0.2) is 5.78 Å². The number of carbonyl (C=O) groups is 1. The molecule has 0 radical (unpaired) electrons. The molecule has 1 aliphatic heterocycles. The highest BCUT2D eigenvalue weighted by atomic mass is 32.1. The van der Waals surface area contributed by atoms with Crippen LogP contribution in [-0.2, 0) is 4.79 Å². The Hall–Kier alpha value is -2.07. The summed E-state index contributed by atoms with van der Waals surface area (Å²) in [4.78, 5) is 14.0. The van der Waals surface area contributed by atoms with E-state index in [0.717, 1.165) is 23.5 Å². The number of rotatable bonds is 1. The highest BCUT2D eigenvalue weighted by Gasteiger charge is 2.38. The van der Waals surface area contributed by atoms with Gasteiger partial charge in [-0.15, -0.1) is 11.3 Å². The van der Waals surface area contributed by atoms with Crippen LogP contribution >= 0.6 is 11.3 Å². The van der Waals surface area contributed by atoms with E-state index in [4.69, 9.17) is 0 Å². The first kappa shape index (κ1) is 14.5. The van der Waals surface area contributed by atoms with E-state index >= 15 is 0 Å². The fourth-order valence-corrected chi connectivity index (χ4v) is 4.37. The van der Waals surface area contributed by atoms with E-state index < -0.39 is 0 Å². The number of nitrogens with one attached hydrogen (secondary N) is 2. The lowest BCUT2D eigenvalue weighted by atomic mass is 9.73. The van der Waals surface area contributed by atoms with Crippen LogP contribution in [0.5, 0.6) is 0 Å². The minimum Gasteiger partial charge on any atom is -0.372 e. The lowest BCUT2D eigenvalue weighted by Gasteiger charge is -2.34. The SMILES string of the molecule is CC1(C)CC(=O)C2=C(C1)C(c1cccs1)Nc1ccccc1N2. The van der Waals surface area contributed by atoms with Crippen molar-refractivity contribution in [3.8, 4) is 0 Å². The number of hydrogen-bond acceptors (Lipinski definition) is 4. The van der Waals surface area contributed by atoms with Crippen LogP contribution in [0.15, 0.2) is 53.0 Å². The first-order chi connectivity index (χ1) is 11.0. The van der Waals surface area contributed by atoms with Gasteiger partial charge < -0.3 is 10.6 Å². The summed E-state index contributed by atoms with van der Waals surface area (Å²) in [6, 6.07) is 12.4. The highest BCUT2D eigenvalue weighted by Crippen LogP contribution is 2.46. The average molecular weight is 324 g/mol. The van der Waals surface area contributed by atoms with E-state index in [1.165, 1.54) is 10.5 Å². The molecule has 0 fully saturated rings. The molecule has 1 aromatic carbocycles. The quantitative estimate of drug-likeness (QED) is 0.778. The maximum absolute atomic E-state index is 12.8. The van der Waals surface area contributed by atoms with E-state index in [-0.39, 0.29) is 17.2 Å². The summed E-state index contributed by atoms with van der Waals surface area (Å²) in [5, 5.41) is 9.16. The third kappa shape index (κ3) is 2.57. The van der Waals surface area contributed by atoms with Gasteiger partial charge in [0.25, 0.3) is 0 Å². The fraction of sp³-hybridized carbons (Fsp3) is 0.316. The zero-order chi connectivity index (χ0) is 16.0. The summed E-state index contributed by atoms with van der Waals surface area (Å²) < 4.78 is 0. The average Bonchev–Trinajstić information content (AvgIpc) is 2.97. The summed E-state index contributed by atoms with van der Waals surface area (Å²) >= 11 is 1.73. The van der Waals surface area contributed by atoms with E-state index in [1.807, 2.05) is 18.2 Å². The lowest BCUT2D eigenvalue weighted by Crippen LogP contribution is -2.31. The molecule has 0 saturated heterocycles. The van der Waals surface area contributed by atoms with Gasteiger partial charge in [-0.3, -0.25) is 4.79 Å². The number of para-hydroxylation sites is 2. The molecule has 1 aliphatic carbocycles. The third-order valence-electron chi connectivity index (χ3n) is 4.57. The van der Waals surface area contributed by atoms with Crippen LogP contribution in [0, 0.1) is 5.41 Å². The summed E-state index contributed by atoms with van der Waals surface area (Å²) in [5.74, 6) is 0.219. The maximum Gasteiger partial charge on any atom is 0.179 e.